The first-order chi connectivity index (χ1) is 10.7. The van der Waals surface area contributed by atoms with Crippen molar-refractivity contribution in [2.75, 3.05) is 39.4 Å². The second-order valence-corrected chi connectivity index (χ2v) is 6.17. The number of benzene rings is 1. The largest absolute Gasteiger partial charge is 0.390 e. The summed E-state index contributed by atoms with van der Waals surface area (Å²) < 4.78 is 5.28. The summed E-state index contributed by atoms with van der Waals surface area (Å²) >= 11 is 0. The molecular formula is C17H24N2O3. The van der Waals surface area contributed by atoms with Gasteiger partial charge in [-0.1, -0.05) is 30.3 Å². The van der Waals surface area contributed by atoms with E-state index in [0.717, 1.165) is 32.7 Å². The zero-order chi connectivity index (χ0) is 15.4. The van der Waals surface area contributed by atoms with Crippen LogP contribution < -0.4 is 5.32 Å². The third-order valence-corrected chi connectivity index (χ3v) is 4.44. The van der Waals surface area contributed by atoms with Gasteiger partial charge in [0, 0.05) is 32.1 Å². The van der Waals surface area contributed by atoms with Gasteiger partial charge < -0.3 is 15.2 Å². The monoisotopic (exact) mass is 304 g/mol. The van der Waals surface area contributed by atoms with Crippen molar-refractivity contribution in [3.05, 3.63) is 35.9 Å². The number of carbonyl (C=O) groups is 1. The van der Waals surface area contributed by atoms with Crippen molar-refractivity contribution in [1.82, 2.24) is 10.2 Å². The molecule has 1 aromatic rings. The average Bonchev–Trinajstić information content (AvgIpc) is 3.35. The number of nitrogens with one attached hydrogen (secondary N) is 1. The van der Waals surface area contributed by atoms with Crippen LogP contribution in [0.15, 0.2) is 30.3 Å². The van der Waals surface area contributed by atoms with Crippen LogP contribution >= 0.6 is 0 Å². The Morgan fingerprint density at radius 2 is 2.05 bits per heavy atom. The summed E-state index contributed by atoms with van der Waals surface area (Å²) in [6.45, 7) is 4.07. The highest BCUT2D eigenvalue weighted by Crippen LogP contribution is 2.47. The SMILES string of the molecule is O=C(NCC(O)CN1CCOCC1)C1CC1c1ccccc1. The van der Waals surface area contributed by atoms with Gasteiger partial charge in [-0.3, -0.25) is 9.69 Å². The molecule has 0 spiro atoms. The van der Waals surface area contributed by atoms with Crippen LogP contribution in [0.3, 0.4) is 0 Å². The first-order valence-corrected chi connectivity index (χ1v) is 8.05. The molecule has 2 aliphatic rings. The second-order valence-electron chi connectivity index (χ2n) is 6.17. The molecule has 1 saturated carbocycles. The van der Waals surface area contributed by atoms with Crippen LogP contribution in [0.1, 0.15) is 17.9 Å². The summed E-state index contributed by atoms with van der Waals surface area (Å²) in [5, 5.41) is 12.9. The Morgan fingerprint density at radius 1 is 1.32 bits per heavy atom. The summed E-state index contributed by atoms with van der Waals surface area (Å²) in [6.07, 6.45) is 0.394. The summed E-state index contributed by atoms with van der Waals surface area (Å²) in [4.78, 5) is 14.3. The van der Waals surface area contributed by atoms with E-state index in [0.29, 0.717) is 19.0 Å². The summed E-state index contributed by atoms with van der Waals surface area (Å²) in [5.74, 6) is 0.477. The van der Waals surface area contributed by atoms with E-state index in [-0.39, 0.29) is 11.8 Å². The Hall–Kier alpha value is -1.43. The number of β-amino-alcohol motifs (C(OH)–C–C–N with tert-alkyl or cyclic N) is 1. The molecule has 0 aromatic heterocycles. The van der Waals surface area contributed by atoms with Gasteiger partial charge in [-0.05, 0) is 17.9 Å². The van der Waals surface area contributed by atoms with Gasteiger partial charge in [0.25, 0.3) is 0 Å². The lowest BCUT2D eigenvalue weighted by molar-refractivity contribution is -0.123. The quantitative estimate of drug-likeness (QED) is 0.808. The van der Waals surface area contributed by atoms with E-state index >= 15 is 0 Å². The molecule has 1 aliphatic heterocycles. The Kier molecular flexibility index (Phi) is 5.08. The highest BCUT2D eigenvalue weighted by Gasteiger charge is 2.43. The minimum atomic E-state index is -0.518. The number of hydrogen-bond donors (Lipinski definition) is 2. The van der Waals surface area contributed by atoms with E-state index in [1.54, 1.807) is 0 Å². The van der Waals surface area contributed by atoms with Crippen LogP contribution in [-0.4, -0.2) is 61.4 Å². The van der Waals surface area contributed by atoms with Crippen LogP contribution in [0, 0.1) is 5.92 Å². The van der Waals surface area contributed by atoms with Crippen LogP contribution in [0.2, 0.25) is 0 Å². The average molecular weight is 304 g/mol. The number of amides is 1. The van der Waals surface area contributed by atoms with E-state index in [2.05, 4.69) is 22.3 Å². The van der Waals surface area contributed by atoms with E-state index in [1.165, 1.54) is 5.56 Å². The lowest BCUT2D eigenvalue weighted by Crippen LogP contribution is -2.44. The van der Waals surface area contributed by atoms with Gasteiger partial charge in [0.15, 0.2) is 0 Å². The number of ether oxygens (including phenoxy) is 1. The number of aliphatic hydroxyl groups excluding tert-OH is 1. The van der Waals surface area contributed by atoms with Gasteiger partial charge in [-0.15, -0.1) is 0 Å². The van der Waals surface area contributed by atoms with Crippen LogP contribution in [-0.2, 0) is 9.53 Å². The number of rotatable bonds is 6. The van der Waals surface area contributed by atoms with Crippen LogP contribution in [0.25, 0.3) is 0 Å². The predicted molar refractivity (Wildman–Crippen MR) is 83.6 cm³/mol. The van der Waals surface area contributed by atoms with Crippen molar-refractivity contribution in [2.24, 2.45) is 5.92 Å². The van der Waals surface area contributed by atoms with Gasteiger partial charge in [-0.2, -0.15) is 0 Å². The highest BCUT2D eigenvalue weighted by molar-refractivity contribution is 5.82. The standard InChI is InChI=1S/C17H24N2O3/c20-14(12-19-6-8-22-9-7-19)11-18-17(21)16-10-15(16)13-4-2-1-3-5-13/h1-5,14-16,20H,6-12H2,(H,18,21). The summed E-state index contributed by atoms with van der Waals surface area (Å²) in [6, 6.07) is 10.2. The lowest BCUT2D eigenvalue weighted by Gasteiger charge is -2.28. The van der Waals surface area contributed by atoms with Crippen molar-refractivity contribution < 1.29 is 14.6 Å². The number of morpholine rings is 1. The number of nitrogens with zero attached hydrogens (tertiary/aromatic N) is 1. The third-order valence-electron chi connectivity index (χ3n) is 4.44. The topological polar surface area (TPSA) is 61.8 Å². The fourth-order valence-electron chi connectivity index (χ4n) is 3.05. The van der Waals surface area contributed by atoms with Gasteiger partial charge >= 0.3 is 0 Å². The highest BCUT2D eigenvalue weighted by atomic mass is 16.5. The maximum absolute atomic E-state index is 12.1. The molecule has 1 aliphatic carbocycles. The van der Waals surface area contributed by atoms with Crippen molar-refractivity contribution in [3.63, 3.8) is 0 Å². The molecule has 0 bridgehead atoms. The summed E-state index contributed by atoms with van der Waals surface area (Å²) in [5.41, 5.74) is 1.23. The Balaban J connectivity index is 1.38. The summed E-state index contributed by atoms with van der Waals surface area (Å²) in [7, 11) is 0. The van der Waals surface area contributed by atoms with E-state index < -0.39 is 6.10 Å². The maximum atomic E-state index is 12.1. The molecule has 1 saturated heterocycles. The molecule has 2 N–H and O–H groups in total. The number of aliphatic hydroxyl groups is 1. The van der Waals surface area contributed by atoms with Crippen LogP contribution in [0.4, 0.5) is 0 Å². The van der Waals surface area contributed by atoms with Gasteiger partial charge in [-0.25, -0.2) is 0 Å². The van der Waals surface area contributed by atoms with Gasteiger partial charge in [0.2, 0.25) is 5.91 Å². The van der Waals surface area contributed by atoms with Gasteiger partial charge in [0.1, 0.15) is 0 Å². The molecule has 5 heteroatoms. The molecule has 3 unspecified atom stereocenters. The molecular weight excluding hydrogens is 280 g/mol. The molecule has 22 heavy (non-hydrogen) atoms. The fourth-order valence-corrected chi connectivity index (χ4v) is 3.05. The van der Waals surface area contributed by atoms with Crippen molar-refractivity contribution in [3.8, 4) is 0 Å². The van der Waals surface area contributed by atoms with Crippen molar-refractivity contribution in [1.29, 1.82) is 0 Å². The normalized spacial score (nSPS) is 26.4. The Morgan fingerprint density at radius 3 is 2.77 bits per heavy atom. The predicted octanol–water partition coefficient (Wildman–Crippen LogP) is 0.599. The first kappa shape index (κ1) is 15.5. The molecule has 2 fully saturated rings. The molecule has 3 atom stereocenters. The maximum Gasteiger partial charge on any atom is 0.223 e. The fraction of sp³-hybridized carbons (Fsp3) is 0.588. The lowest BCUT2D eigenvalue weighted by atomic mass is 10.1. The van der Waals surface area contributed by atoms with E-state index in [9.17, 15) is 9.90 Å². The minimum absolute atomic E-state index is 0.0647. The zero-order valence-corrected chi connectivity index (χ0v) is 12.8. The van der Waals surface area contributed by atoms with Crippen LogP contribution in [0.5, 0.6) is 0 Å². The smallest absolute Gasteiger partial charge is 0.223 e. The van der Waals surface area contributed by atoms with Crippen molar-refractivity contribution in [2.45, 2.75) is 18.4 Å². The first-order valence-electron chi connectivity index (χ1n) is 8.05. The zero-order valence-electron chi connectivity index (χ0n) is 12.8. The van der Waals surface area contributed by atoms with E-state index in [4.69, 9.17) is 4.74 Å². The molecule has 0 radical (unpaired) electrons. The molecule has 5 nitrogen and oxygen atoms in total. The van der Waals surface area contributed by atoms with Gasteiger partial charge in [0.05, 0.1) is 19.3 Å². The second kappa shape index (κ2) is 7.22. The Bertz CT molecular complexity index is 488. The van der Waals surface area contributed by atoms with E-state index in [1.807, 2.05) is 18.2 Å². The molecule has 3 rings (SSSR count). The third kappa shape index (κ3) is 4.06. The number of carbonyl (C=O) groups excluding carboxylic acids is 1. The minimum Gasteiger partial charge on any atom is -0.390 e. The number of hydrogen-bond acceptors (Lipinski definition) is 4. The molecule has 1 heterocycles. The molecule has 1 amide bonds. The van der Waals surface area contributed by atoms with Crippen molar-refractivity contribution >= 4 is 5.91 Å². The molecule has 120 valence electrons. The molecule has 1 aromatic carbocycles. The Labute approximate surface area is 131 Å².